The number of hydrogen-bond donors (Lipinski definition) is 0. The van der Waals surface area contributed by atoms with Crippen LogP contribution in [0.15, 0.2) is 71.9 Å². The Labute approximate surface area is 165 Å². The average molecular weight is 390 g/mol. The number of aromatic nitrogens is 4. The molecule has 0 aliphatic rings. The molecule has 0 amide bonds. The maximum atomic E-state index is 12.7. The molecule has 8 heteroatoms. The lowest BCUT2D eigenvalue weighted by Gasteiger charge is -2.08. The Hall–Kier alpha value is -3.94. The number of methoxy groups -OCH3 is 1. The van der Waals surface area contributed by atoms with E-state index in [1.165, 1.54) is 17.1 Å². The minimum atomic E-state index is -0.514. The van der Waals surface area contributed by atoms with Crippen LogP contribution in [-0.2, 0) is 22.7 Å². The summed E-state index contributed by atoms with van der Waals surface area (Å²) in [7, 11) is 1.59. The summed E-state index contributed by atoms with van der Waals surface area (Å²) in [6.45, 7) is -0.0676. The summed E-state index contributed by atoms with van der Waals surface area (Å²) in [5.41, 5.74) is 1.68. The number of rotatable bonds is 6. The normalized spacial score (nSPS) is 10.8. The quantitative estimate of drug-likeness (QED) is 0.470. The average Bonchev–Trinajstić information content (AvgIpc) is 3.20. The van der Waals surface area contributed by atoms with Gasteiger partial charge >= 0.3 is 5.97 Å². The van der Waals surface area contributed by atoms with E-state index in [1.807, 2.05) is 42.5 Å². The van der Waals surface area contributed by atoms with Crippen molar-refractivity contribution in [1.29, 1.82) is 0 Å². The zero-order valence-corrected chi connectivity index (χ0v) is 15.7. The molecule has 0 saturated carbocycles. The summed E-state index contributed by atoms with van der Waals surface area (Å²) < 4.78 is 13.2. The predicted octanol–water partition coefficient (Wildman–Crippen LogP) is 2.33. The van der Waals surface area contributed by atoms with Gasteiger partial charge < -0.3 is 9.47 Å². The molecule has 4 aromatic rings. The number of ether oxygens (including phenoxy) is 2. The first-order chi connectivity index (χ1) is 14.2. The lowest BCUT2D eigenvalue weighted by atomic mass is 10.2. The van der Waals surface area contributed by atoms with Gasteiger partial charge in [0, 0.05) is 0 Å². The lowest BCUT2D eigenvalue weighted by Crippen LogP contribution is -2.25. The van der Waals surface area contributed by atoms with E-state index < -0.39 is 5.97 Å². The van der Waals surface area contributed by atoms with Crippen LogP contribution in [0.1, 0.15) is 5.56 Å². The molecule has 29 heavy (non-hydrogen) atoms. The van der Waals surface area contributed by atoms with Crippen LogP contribution >= 0.6 is 0 Å². The zero-order valence-electron chi connectivity index (χ0n) is 15.7. The predicted molar refractivity (Wildman–Crippen MR) is 106 cm³/mol. The number of fused-ring (bicyclic) bond motifs is 1. The van der Waals surface area contributed by atoms with Crippen molar-refractivity contribution >= 4 is 17.0 Å². The third-order valence-corrected chi connectivity index (χ3v) is 4.41. The number of carbonyl (C=O) groups is 1. The molecule has 0 radical (unpaired) electrons. The highest BCUT2D eigenvalue weighted by molar-refractivity contribution is 5.76. The highest BCUT2D eigenvalue weighted by atomic mass is 16.5. The fraction of sp³-hybridized carbons (Fsp3) is 0.143. The molecule has 2 heterocycles. The smallest absolute Gasteiger partial charge is 0.326 e. The van der Waals surface area contributed by atoms with Gasteiger partial charge in [-0.3, -0.25) is 14.2 Å². The molecular formula is C21H18N4O4. The molecule has 0 fully saturated rings. The summed E-state index contributed by atoms with van der Waals surface area (Å²) in [5.74, 6) is 0.203. The maximum absolute atomic E-state index is 12.7. The molecule has 0 saturated heterocycles. The highest BCUT2D eigenvalue weighted by Crippen LogP contribution is 2.17. The third-order valence-electron chi connectivity index (χ3n) is 4.41. The molecule has 146 valence electrons. The minimum Gasteiger partial charge on any atom is -0.497 e. The van der Waals surface area contributed by atoms with Crippen LogP contribution in [-0.4, -0.2) is 32.4 Å². The molecule has 0 aliphatic carbocycles. The molecule has 0 N–H and O–H groups in total. The van der Waals surface area contributed by atoms with Crippen LogP contribution in [0.2, 0.25) is 0 Å². The molecule has 0 spiro atoms. The second-order valence-corrected chi connectivity index (χ2v) is 6.32. The molecule has 0 aliphatic heterocycles. The van der Waals surface area contributed by atoms with E-state index in [9.17, 15) is 9.59 Å². The van der Waals surface area contributed by atoms with E-state index in [-0.39, 0.29) is 18.7 Å². The molecule has 0 bridgehead atoms. The molecular weight excluding hydrogens is 372 g/mol. The maximum Gasteiger partial charge on any atom is 0.326 e. The van der Waals surface area contributed by atoms with Crippen LogP contribution in [0.4, 0.5) is 0 Å². The SMILES string of the molecule is COc1ccc(-n2ncc3c(=O)n(CC(=O)OCc4ccccc4)cnc32)cc1. The topological polar surface area (TPSA) is 88.2 Å². The van der Waals surface area contributed by atoms with Crippen molar-refractivity contribution in [1.82, 2.24) is 19.3 Å². The first-order valence-corrected chi connectivity index (χ1v) is 8.93. The molecule has 0 unspecified atom stereocenters. The summed E-state index contributed by atoms with van der Waals surface area (Å²) in [5, 5.41) is 4.58. The van der Waals surface area contributed by atoms with Crippen molar-refractivity contribution in [3.8, 4) is 11.4 Å². The highest BCUT2D eigenvalue weighted by Gasteiger charge is 2.14. The van der Waals surface area contributed by atoms with Crippen molar-refractivity contribution in [2.24, 2.45) is 0 Å². The first kappa shape index (κ1) is 18.4. The van der Waals surface area contributed by atoms with Gasteiger partial charge in [0.1, 0.15) is 30.6 Å². The number of benzene rings is 2. The first-order valence-electron chi connectivity index (χ1n) is 8.93. The third kappa shape index (κ3) is 3.86. The fourth-order valence-electron chi connectivity index (χ4n) is 2.90. The Kier molecular flexibility index (Phi) is 5.07. The van der Waals surface area contributed by atoms with Gasteiger partial charge in [0.05, 0.1) is 19.0 Å². The van der Waals surface area contributed by atoms with Crippen LogP contribution in [0.3, 0.4) is 0 Å². The summed E-state index contributed by atoms with van der Waals surface area (Å²) in [6.07, 6.45) is 2.77. The molecule has 8 nitrogen and oxygen atoms in total. The van der Waals surface area contributed by atoms with Crippen molar-refractivity contribution < 1.29 is 14.3 Å². The van der Waals surface area contributed by atoms with Crippen LogP contribution in [0.25, 0.3) is 16.7 Å². The molecule has 4 rings (SSSR count). The van der Waals surface area contributed by atoms with Crippen LogP contribution in [0, 0.1) is 0 Å². The van der Waals surface area contributed by atoms with Gasteiger partial charge in [-0.2, -0.15) is 5.10 Å². The van der Waals surface area contributed by atoms with Gasteiger partial charge in [0.2, 0.25) is 0 Å². The molecule has 2 aromatic heterocycles. The number of nitrogens with zero attached hydrogens (tertiary/aromatic N) is 4. The van der Waals surface area contributed by atoms with Crippen LogP contribution < -0.4 is 10.3 Å². The fourth-order valence-corrected chi connectivity index (χ4v) is 2.90. The van der Waals surface area contributed by atoms with Crippen molar-refractivity contribution in [3.63, 3.8) is 0 Å². The van der Waals surface area contributed by atoms with Crippen molar-refractivity contribution in [3.05, 3.63) is 83.0 Å². The Balaban J connectivity index is 1.53. The largest absolute Gasteiger partial charge is 0.497 e. The minimum absolute atomic E-state index is 0.152. The van der Waals surface area contributed by atoms with Gasteiger partial charge in [0.25, 0.3) is 5.56 Å². The number of hydrogen-bond acceptors (Lipinski definition) is 6. The second-order valence-electron chi connectivity index (χ2n) is 6.32. The molecule has 0 atom stereocenters. The van der Waals surface area contributed by atoms with Gasteiger partial charge in [0.15, 0.2) is 5.65 Å². The van der Waals surface area contributed by atoms with E-state index in [0.717, 1.165) is 17.0 Å². The van der Waals surface area contributed by atoms with Crippen LogP contribution in [0.5, 0.6) is 5.75 Å². The summed E-state index contributed by atoms with van der Waals surface area (Å²) in [4.78, 5) is 29.2. The second kappa shape index (κ2) is 7.97. The van der Waals surface area contributed by atoms with Gasteiger partial charge in [-0.15, -0.1) is 0 Å². The van der Waals surface area contributed by atoms with E-state index in [4.69, 9.17) is 9.47 Å². The van der Waals surface area contributed by atoms with E-state index in [1.54, 1.807) is 23.9 Å². The Bertz CT molecular complexity index is 1200. The Morgan fingerprint density at radius 3 is 2.55 bits per heavy atom. The van der Waals surface area contributed by atoms with E-state index in [2.05, 4.69) is 10.1 Å². The van der Waals surface area contributed by atoms with Gasteiger partial charge in [-0.25, -0.2) is 9.67 Å². The number of carbonyl (C=O) groups excluding carboxylic acids is 1. The van der Waals surface area contributed by atoms with E-state index >= 15 is 0 Å². The van der Waals surface area contributed by atoms with Gasteiger partial charge in [-0.1, -0.05) is 30.3 Å². The molecule has 2 aromatic carbocycles. The monoisotopic (exact) mass is 390 g/mol. The van der Waals surface area contributed by atoms with E-state index in [0.29, 0.717) is 11.0 Å². The standard InChI is InChI=1S/C21H18N4O4/c1-28-17-9-7-16(8-10-17)25-20-18(11-23-25)21(27)24(14-22-20)12-19(26)29-13-15-5-3-2-4-6-15/h2-11,14H,12-13H2,1H3. The summed E-state index contributed by atoms with van der Waals surface area (Å²) >= 11 is 0. The Morgan fingerprint density at radius 2 is 1.83 bits per heavy atom. The van der Waals surface area contributed by atoms with Crippen molar-refractivity contribution in [2.45, 2.75) is 13.2 Å². The lowest BCUT2D eigenvalue weighted by molar-refractivity contribution is -0.145. The number of esters is 1. The Morgan fingerprint density at radius 1 is 1.07 bits per heavy atom. The zero-order chi connectivity index (χ0) is 20.2. The van der Waals surface area contributed by atoms with Gasteiger partial charge in [-0.05, 0) is 29.8 Å². The van der Waals surface area contributed by atoms with Crippen molar-refractivity contribution in [2.75, 3.05) is 7.11 Å². The summed E-state index contributed by atoms with van der Waals surface area (Å²) in [6, 6.07) is 16.6.